The second kappa shape index (κ2) is 8.87. The highest BCUT2D eigenvalue weighted by atomic mass is 16.6. The summed E-state index contributed by atoms with van der Waals surface area (Å²) in [7, 11) is 1.47. The minimum atomic E-state index is -0.487. The number of unbranched alkanes of at least 4 members (excludes halogenated alkanes) is 1. The molecule has 1 amide bonds. The fraction of sp³-hybridized carbons (Fsp3) is 0.846. The molecule has 6 nitrogen and oxygen atoms in total. The molecule has 0 saturated carbocycles. The van der Waals surface area contributed by atoms with Crippen LogP contribution in [0.5, 0.6) is 0 Å². The fourth-order valence-corrected chi connectivity index (χ4v) is 1.40. The van der Waals surface area contributed by atoms with Crippen LogP contribution >= 0.6 is 0 Å². The maximum Gasteiger partial charge on any atom is 0.407 e. The third-order valence-electron chi connectivity index (χ3n) is 2.31. The number of hydrogen-bond donors (Lipinski definition) is 2. The van der Waals surface area contributed by atoms with Gasteiger partial charge in [-0.05, 0) is 40.0 Å². The van der Waals surface area contributed by atoms with Gasteiger partial charge in [0, 0.05) is 13.7 Å². The fourth-order valence-electron chi connectivity index (χ4n) is 1.40. The zero-order chi connectivity index (χ0) is 14.9. The normalized spacial score (nSPS) is 12.9. The van der Waals surface area contributed by atoms with Gasteiger partial charge in [0.05, 0.1) is 6.04 Å². The molecule has 6 heteroatoms. The van der Waals surface area contributed by atoms with E-state index in [1.165, 1.54) is 7.11 Å². The van der Waals surface area contributed by atoms with Crippen LogP contribution in [0.4, 0.5) is 4.79 Å². The summed E-state index contributed by atoms with van der Waals surface area (Å²) in [6, 6.07) is -0.485. The Bertz CT molecular complexity index is 287. The Morgan fingerprint density at radius 3 is 2.42 bits per heavy atom. The van der Waals surface area contributed by atoms with Gasteiger partial charge < -0.3 is 20.5 Å². The van der Waals surface area contributed by atoms with Crippen LogP contribution in [-0.2, 0) is 14.3 Å². The van der Waals surface area contributed by atoms with Crippen molar-refractivity contribution < 1.29 is 19.1 Å². The molecular weight excluding hydrogens is 248 g/mol. The van der Waals surface area contributed by atoms with Crippen LogP contribution in [0.15, 0.2) is 0 Å². The van der Waals surface area contributed by atoms with E-state index >= 15 is 0 Å². The number of Topliss-reactive ketones (excluding diaryl/α,β-unsaturated/α-hetero) is 1. The Kier molecular flexibility index (Phi) is 8.34. The van der Waals surface area contributed by atoms with Crippen LogP contribution in [0.25, 0.3) is 0 Å². The molecule has 0 aliphatic rings. The Morgan fingerprint density at radius 1 is 1.26 bits per heavy atom. The van der Waals surface area contributed by atoms with Crippen molar-refractivity contribution in [1.82, 2.24) is 5.32 Å². The largest absolute Gasteiger partial charge is 0.444 e. The molecule has 3 N–H and O–H groups in total. The van der Waals surface area contributed by atoms with Crippen molar-refractivity contribution in [3.05, 3.63) is 0 Å². The first-order valence-electron chi connectivity index (χ1n) is 6.50. The lowest BCUT2D eigenvalue weighted by atomic mass is 10.1. The molecule has 0 aromatic rings. The minimum absolute atomic E-state index is 0.0529. The van der Waals surface area contributed by atoms with E-state index < -0.39 is 17.7 Å². The van der Waals surface area contributed by atoms with Gasteiger partial charge in [0.1, 0.15) is 12.2 Å². The summed E-state index contributed by atoms with van der Waals surface area (Å²) in [5, 5.41) is 2.66. The second-order valence-electron chi connectivity index (χ2n) is 5.43. The predicted molar refractivity (Wildman–Crippen MR) is 72.9 cm³/mol. The number of rotatable bonds is 8. The average molecular weight is 274 g/mol. The number of methoxy groups -OCH3 is 1. The molecule has 0 saturated heterocycles. The quantitative estimate of drug-likeness (QED) is 0.649. The Hall–Kier alpha value is -1.14. The van der Waals surface area contributed by atoms with Crippen molar-refractivity contribution in [2.24, 2.45) is 5.73 Å². The second-order valence-corrected chi connectivity index (χ2v) is 5.43. The van der Waals surface area contributed by atoms with Crippen molar-refractivity contribution in [2.45, 2.75) is 51.7 Å². The third-order valence-corrected chi connectivity index (χ3v) is 2.31. The number of carbonyl (C=O) groups is 2. The first-order valence-corrected chi connectivity index (χ1v) is 6.50. The van der Waals surface area contributed by atoms with Gasteiger partial charge in [-0.25, -0.2) is 4.79 Å². The summed E-state index contributed by atoms with van der Waals surface area (Å²) in [4.78, 5) is 22.7. The molecule has 0 aliphatic carbocycles. The van der Waals surface area contributed by atoms with Crippen LogP contribution in [0.2, 0.25) is 0 Å². The number of amides is 1. The zero-order valence-electron chi connectivity index (χ0n) is 12.3. The molecule has 19 heavy (non-hydrogen) atoms. The Balaban J connectivity index is 3.60. The van der Waals surface area contributed by atoms with E-state index in [1.807, 2.05) is 20.8 Å². The van der Waals surface area contributed by atoms with E-state index in [1.54, 1.807) is 0 Å². The molecule has 0 rings (SSSR count). The molecule has 1 atom stereocenters. The molecular formula is C13H26N2O4. The Morgan fingerprint density at radius 2 is 1.89 bits per heavy atom. The monoisotopic (exact) mass is 274 g/mol. The van der Waals surface area contributed by atoms with Crippen molar-refractivity contribution in [1.29, 1.82) is 0 Å². The number of nitrogens with two attached hydrogens (primary N) is 1. The average Bonchev–Trinajstić information content (AvgIpc) is 2.26. The lowest BCUT2D eigenvalue weighted by molar-refractivity contribution is -0.124. The predicted octanol–water partition coefficient (Wildman–Crippen LogP) is 1.22. The van der Waals surface area contributed by atoms with Crippen LogP contribution in [0, 0.1) is 0 Å². The molecule has 0 bridgehead atoms. The van der Waals surface area contributed by atoms with Crippen molar-refractivity contribution in [3.63, 3.8) is 0 Å². The molecule has 0 fully saturated rings. The summed E-state index contributed by atoms with van der Waals surface area (Å²) >= 11 is 0. The number of hydrogen-bond acceptors (Lipinski definition) is 5. The Labute approximate surface area is 115 Å². The minimum Gasteiger partial charge on any atom is -0.444 e. The van der Waals surface area contributed by atoms with E-state index in [4.69, 9.17) is 15.2 Å². The lowest BCUT2D eigenvalue weighted by Crippen LogP contribution is -2.34. The maximum absolute atomic E-state index is 11.3. The highest BCUT2D eigenvalue weighted by molar-refractivity contribution is 5.84. The zero-order valence-corrected chi connectivity index (χ0v) is 12.3. The van der Waals surface area contributed by atoms with Crippen molar-refractivity contribution >= 4 is 11.9 Å². The highest BCUT2D eigenvalue weighted by Gasteiger charge is 2.15. The van der Waals surface area contributed by atoms with E-state index in [2.05, 4.69) is 5.32 Å². The molecule has 0 radical (unpaired) electrons. The summed E-state index contributed by atoms with van der Waals surface area (Å²) in [5.41, 5.74) is 5.20. The standard InChI is InChI=1S/C13H26N2O4/c1-13(2,3)19-12(17)15-8-6-5-7-10(14)11(16)9-18-4/h10H,5-9,14H2,1-4H3,(H,15,17)/t10-/m0/s1. The van der Waals surface area contributed by atoms with Gasteiger partial charge >= 0.3 is 6.09 Å². The van der Waals surface area contributed by atoms with Crippen LogP contribution in [-0.4, -0.2) is 43.8 Å². The van der Waals surface area contributed by atoms with E-state index in [9.17, 15) is 9.59 Å². The summed E-state index contributed by atoms with van der Waals surface area (Å²) in [6.07, 6.45) is 1.70. The van der Waals surface area contributed by atoms with Crippen molar-refractivity contribution in [3.8, 4) is 0 Å². The molecule has 0 unspecified atom stereocenters. The van der Waals surface area contributed by atoms with E-state index in [0.29, 0.717) is 13.0 Å². The van der Waals surface area contributed by atoms with Gasteiger partial charge in [0.15, 0.2) is 5.78 Å². The molecule has 0 aliphatic heterocycles. The van der Waals surface area contributed by atoms with Gasteiger partial charge in [-0.2, -0.15) is 0 Å². The summed E-state index contributed by atoms with van der Waals surface area (Å²) in [5.74, 6) is -0.0948. The highest BCUT2D eigenvalue weighted by Crippen LogP contribution is 2.06. The molecule has 0 heterocycles. The number of ketones is 1. The molecule has 0 aromatic heterocycles. The number of nitrogens with one attached hydrogen (secondary N) is 1. The number of ether oxygens (including phenoxy) is 2. The van der Waals surface area contributed by atoms with Gasteiger partial charge in [0.25, 0.3) is 0 Å². The van der Waals surface area contributed by atoms with Gasteiger partial charge in [-0.1, -0.05) is 0 Å². The van der Waals surface area contributed by atoms with Gasteiger partial charge in [-0.15, -0.1) is 0 Å². The molecule has 0 spiro atoms. The number of alkyl carbamates (subject to hydrolysis) is 1. The van der Waals surface area contributed by atoms with Gasteiger partial charge in [0.2, 0.25) is 0 Å². The van der Waals surface area contributed by atoms with Crippen LogP contribution in [0.1, 0.15) is 40.0 Å². The third kappa shape index (κ3) is 10.5. The summed E-state index contributed by atoms with van der Waals surface area (Å²) < 4.78 is 9.82. The first-order chi connectivity index (χ1) is 8.76. The van der Waals surface area contributed by atoms with E-state index in [-0.39, 0.29) is 12.4 Å². The lowest BCUT2D eigenvalue weighted by Gasteiger charge is -2.19. The SMILES string of the molecule is COCC(=O)[C@@H](N)CCCCNC(=O)OC(C)(C)C. The molecule has 112 valence electrons. The van der Waals surface area contributed by atoms with E-state index in [0.717, 1.165) is 12.8 Å². The van der Waals surface area contributed by atoms with Crippen molar-refractivity contribution in [2.75, 3.05) is 20.3 Å². The first kappa shape index (κ1) is 17.9. The van der Waals surface area contributed by atoms with Crippen LogP contribution < -0.4 is 11.1 Å². The topological polar surface area (TPSA) is 90.6 Å². The summed E-state index contributed by atoms with van der Waals surface area (Å²) in [6.45, 7) is 6.00. The maximum atomic E-state index is 11.3. The molecule has 0 aromatic carbocycles. The van der Waals surface area contributed by atoms with Gasteiger partial charge in [-0.3, -0.25) is 4.79 Å². The number of carbonyl (C=O) groups excluding carboxylic acids is 2. The smallest absolute Gasteiger partial charge is 0.407 e. The van der Waals surface area contributed by atoms with Crippen LogP contribution in [0.3, 0.4) is 0 Å².